The fraction of sp³-hybridized carbons (Fsp3) is 0.294. The van der Waals surface area contributed by atoms with Crippen molar-refractivity contribution in [1.29, 1.82) is 0 Å². The molecule has 2 aromatic rings. The van der Waals surface area contributed by atoms with Gasteiger partial charge in [-0.3, -0.25) is 0 Å². The first-order chi connectivity index (χ1) is 10.4. The van der Waals surface area contributed by atoms with Gasteiger partial charge in [-0.2, -0.15) is 13.2 Å². The molecule has 0 amide bonds. The van der Waals surface area contributed by atoms with Crippen LogP contribution in [-0.2, 0) is 12.7 Å². The summed E-state index contributed by atoms with van der Waals surface area (Å²) in [6, 6.07) is 13.9. The highest BCUT2D eigenvalue weighted by Gasteiger charge is 2.33. The lowest BCUT2D eigenvalue weighted by atomic mass is 10.0. The van der Waals surface area contributed by atoms with Crippen LogP contribution in [0.1, 0.15) is 29.5 Å². The van der Waals surface area contributed by atoms with Gasteiger partial charge in [0.15, 0.2) is 0 Å². The quantitative estimate of drug-likeness (QED) is 0.790. The van der Waals surface area contributed by atoms with Crippen molar-refractivity contribution in [2.24, 2.45) is 0 Å². The van der Waals surface area contributed by atoms with Gasteiger partial charge in [-0.25, -0.2) is 0 Å². The minimum Gasteiger partial charge on any atom is -0.312 e. The molecule has 0 aliphatic rings. The predicted octanol–water partition coefficient (Wildman–Crippen LogP) is 5.25. The Morgan fingerprint density at radius 3 is 2.36 bits per heavy atom. The molecule has 1 N–H and O–H groups in total. The molecule has 0 saturated carbocycles. The SMILES string of the molecule is C[C@@H](CNCc1cccc(C(F)(F)F)c1Cl)c1ccccc1. The van der Waals surface area contributed by atoms with Crippen LogP contribution in [0.2, 0.25) is 5.02 Å². The molecule has 0 heterocycles. The predicted molar refractivity (Wildman–Crippen MR) is 83.0 cm³/mol. The molecule has 0 fully saturated rings. The van der Waals surface area contributed by atoms with Crippen molar-refractivity contribution in [3.63, 3.8) is 0 Å². The Bertz CT molecular complexity index is 611. The zero-order valence-corrected chi connectivity index (χ0v) is 12.9. The number of benzene rings is 2. The molecule has 0 spiro atoms. The Morgan fingerprint density at radius 2 is 1.73 bits per heavy atom. The molecule has 0 aliphatic carbocycles. The van der Waals surface area contributed by atoms with E-state index in [-0.39, 0.29) is 10.9 Å². The largest absolute Gasteiger partial charge is 0.417 e. The van der Waals surface area contributed by atoms with Gasteiger partial charge in [-0.1, -0.05) is 61.0 Å². The first kappa shape index (κ1) is 16.8. The molecule has 0 aromatic heterocycles. The van der Waals surface area contributed by atoms with Gasteiger partial charge in [0.25, 0.3) is 0 Å². The summed E-state index contributed by atoms with van der Waals surface area (Å²) in [5, 5.41) is 2.94. The van der Waals surface area contributed by atoms with Crippen molar-refractivity contribution in [3.8, 4) is 0 Å². The number of rotatable bonds is 5. The summed E-state index contributed by atoms with van der Waals surface area (Å²) in [5.41, 5.74) is 0.853. The highest BCUT2D eigenvalue weighted by Crippen LogP contribution is 2.36. The highest BCUT2D eigenvalue weighted by molar-refractivity contribution is 6.32. The minimum atomic E-state index is -4.43. The zero-order chi connectivity index (χ0) is 16.2. The molecule has 0 unspecified atom stereocenters. The van der Waals surface area contributed by atoms with Crippen LogP contribution < -0.4 is 5.32 Å². The monoisotopic (exact) mass is 327 g/mol. The van der Waals surface area contributed by atoms with Crippen LogP contribution in [0.25, 0.3) is 0 Å². The van der Waals surface area contributed by atoms with Crippen LogP contribution in [0.5, 0.6) is 0 Å². The molecule has 2 aromatic carbocycles. The van der Waals surface area contributed by atoms with E-state index in [2.05, 4.69) is 12.2 Å². The number of hydrogen-bond donors (Lipinski definition) is 1. The summed E-state index contributed by atoms with van der Waals surface area (Å²) >= 11 is 5.87. The molecular formula is C17H17ClF3N. The summed E-state index contributed by atoms with van der Waals surface area (Å²) in [4.78, 5) is 0. The summed E-state index contributed by atoms with van der Waals surface area (Å²) in [7, 11) is 0. The van der Waals surface area contributed by atoms with Gasteiger partial charge in [-0.15, -0.1) is 0 Å². The van der Waals surface area contributed by atoms with Gasteiger partial charge in [0.2, 0.25) is 0 Å². The third-order valence-electron chi connectivity index (χ3n) is 3.52. The molecule has 0 aliphatic heterocycles. The summed E-state index contributed by atoms with van der Waals surface area (Å²) in [6.07, 6.45) is -4.43. The van der Waals surface area contributed by atoms with Crippen LogP contribution >= 0.6 is 11.6 Å². The van der Waals surface area contributed by atoms with E-state index in [0.29, 0.717) is 18.7 Å². The van der Waals surface area contributed by atoms with Crippen LogP contribution in [-0.4, -0.2) is 6.54 Å². The standard InChI is InChI=1S/C17H17ClF3N/c1-12(13-6-3-2-4-7-13)10-22-11-14-8-5-9-15(16(14)18)17(19,20)21/h2-9,12,22H,10-11H2,1H3/t12-/m0/s1. The maximum Gasteiger partial charge on any atom is 0.417 e. The van der Waals surface area contributed by atoms with Crippen molar-refractivity contribution in [2.45, 2.75) is 25.6 Å². The first-order valence-electron chi connectivity index (χ1n) is 7.00. The van der Waals surface area contributed by atoms with Gasteiger partial charge in [0.1, 0.15) is 0 Å². The Balaban J connectivity index is 1.98. The summed E-state index contributed by atoms with van der Waals surface area (Å²) in [6.45, 7) is 3.03. The topological polar surface area (TPSA) is 12.0 Å². The molecule has 2 rings (SSSR count). The smallest absolute Gasteiger partial charge is 0.312 e. The Morgan fingerprint density at radius 1 is 1.05 bits per heavy atom. The van der Waals surface area contributed by atoms with Gasteiger partial charge in [-0.05, 0) is 23.1 Å². The normalized spacial score (nSPS) is 13.1. The zero-order valence-electron chi connectivity index (χ0n) is 12.1. The first-order valence-corrected chi connectivity index (χ1v) is 7.37. The Labute approximate surface area is 133 Å². The molecular weight excluding hydrogens is 311 g/mol. The molecule has 1 nitrogen and oxygen atoms in total. The van der Waals surface area contributed by atoms with Crippen LogP contribution in [0.15, 0.2) is 48.5 Å². The van der Waals surface area contributed by atoms with Crippen molar-refractivity contribution in [2.75, 3.05) is 6.54 Å². The van der Waals surface area contributed by atoms with E-state index >= 15 is 0 Å². The lowest BCUT2D eigenvalue weighted by Crippen LogP contribution is -2.20. The fourth-order valence-corrected chi connectivity index (χ4v) is 2.56. The van der Waals surface area contributed by atoms with E-state index in [0.717, 1.165) is 6.07 Å². The minimum absolute atomic E-state index is 0.227. The van der Waals surface area contributed by atoms with Gasteiger partial charge < -0.3 is 5.32 Å². The van der Waals surface area contributed by atoms with Gasteiger partial charge >= 0.3 is 6.18 Å². The third-order valence-corrected chi connectivity index (χ3v) is 3.97. The molecule has 0 saturated heterocycles. The third kappa shape index (κ3) is 4.24. The highest BCUT2D eigenvalue weighted by atomic mass is 35.5. The number of hydrogen-bond acceptors (Lipinski definition) is 1. The second-order valence-corrected chi connectivity index (χ2v) is 5.60. The average Bonchev–Trinajstić information content (AvgIpc) is 2.48. The van der Waals surface area contributed by atoms with E-state index < -0.39 is 11.7 Å². The van der Waals surface area contributed by atoms with E-state index in [1.807, 2.05) is 30.3 Å². The van der Waals surface area contributed by atoms with E-state index in [9.17, 15) is 13.2 Å². The van der Waals surface area contributed by atoms with Crippen molar-refractivity contribution in [3.05, 3.63) is 70.2 Å². The number of alkyl halides is 3. The summed E-state index contributed by atoms with van der Waals surface area (Å²) in [5.74, 6) is 0.269. The second kappa shape index (κ2) is 7.16. The fourth-order valence-electron chi connectivity index (χ4n) is 2.26. The molecule has 0 bridgehead atoms. The lowest BCUT2D eigenvalue weighted by molar-refractivity contribution is -0.137. The molecule has 22 heavy (non-hydrogen) atoms. The van der Waals surface area contributed by atoms with E-state index in [4.69, 9.17) is 11.6 Å². The summed E-state index contributed by atoms with van der Waals surface area (Å²) < 4.78 is 38.4. The van der Waals surface area contributed by atoms with Crippen LogP contribution in [0, 0.1) is 0 Å². The van der Waals surface area contributed by atoms with Gasteiger partial charge in [0.05, 0.1) is 10.6 Å². The molecule has 0 radical (unpaired) electrons. The number of halogens is 4. The average molecular weight is 328 g/mol. The second-order valence-electron chi connectivity index (χ2n) is 5.22. The van der Waals surface area contributed by atoms with E-state index in [1.165, 1.54) is 11.6 Å². The lowest BCUT2D eigenvalue weighted by Gasteiger charge is -2.15. The molecule has 1 atom stereocenters. The number of nitrogens with one attached hydrogen (secondary N) is 1. The van der Waals surface area contributed by atoms with Crippen molar-refractivity contribution in [1.82, 2.24) is 5.32 Å². The van der Waals surface area contributed by atoms with Crippen LogP contribution in [0.3, 0.4) is 0 Å². The van der Waals surface area contributed by atoms with Crippen molar-refractivity contribution >= 4 is 11.6 Å². The Hall–Kier alpha value is -1.52. The molecule has 118 valence electrons. The van der Waals surface area contributed by atoms with Crippen molar-refractivity contribution < 1.29 is 13.2 Å². The Kier molecular flexibility index (Phi) is 5.48. The van der Waals surface area contributed by atoms with E-state index in [1.54, 1.807) is 6.07 Å². The maximum absolute atomic E-state index is 12.8. The maximum atomic E-state index is 12.8. The van der Waals surface area contributed by atoms with Gasteiger partial charge in [0, 0.05) is 13.1 Å². The van der Waals surface area contributed by atoms with Crippen LogP contribution in [0.4, 0.5) is 13.2 Å². The molecule has 5 heteroatoms.